The number of allylic oxidation sites excluding steroid dienone is 6. The highest BCUT2D eigenvalue weighted by atomic mass is 16.5. The molecular weight excluding hydrogens is 472 g/mol. The van der Waals surface area contributed by atoms with Crippen molar-refractivity contribution in [3.05, 3.63) is 36.5 Å². The van der Waals surface area contributed by atoms with Crippen LogP contribution in [0.25, 0.3) is 0 Å². The van der Waals surface area contributed by atoms with Gasteiger partial charge in [-0.2, -0.15) is 0 Å². The molecule has 4 nitrogen and oxygen atoms in total. The monoisotopic (exact) mass is 532 g/mol. The number of aliphatic carboxylic acids is 1. The Morgan fingerprint density at radius 2 is 1.11 bits per heavy atom. The third-order valence-corrected chi connectivity index (χ3v) is 6.88. The van der Waals surface area contributed by atoms with Crippen LogP contribution in [0.1, 0.15) is 162 Å². The number of rotatable bonds is 28. The number of hydrogen-bond donors (Lipinski definition) is 1. The Morgan fingerprint density at radius 1 is 0.605 bits per heavy atom. The molecule has 38 heavy (non-hydrogen) atoms. The second-order valence-electron chi connectivity index (χ2n) is 10.6. The van der Waals surface area contributed by atoms with Gasteiger partial charge in [0.2, 0.25) is 0 Å². The van der Waals surface area contributed by atoms with Crippen molar-refractivity contribution in [3.8, 4) is 0 Å². The first-order chi connectivity index (χ1) is 18.6. The van der Waals surface area contributed by atoms with Crippen LogP contribution in [0, 0.1) is 0 Å². The summed E-state index contributed by atoms with van der Waals surface area (Å²) >= 11 is 0. The fraction of sp³-hybridized carbons (Fsp3) is 0.765. The van der Waals surface area contributed by atoms with Crippen LogP contribution in [-0.4, -0.2) is 23.1 Å². The maximum Gasteiger partial charge on any atom is 0.306 e. The highest BCUT2D eigenvalue weighted by Gasteiger charge is 2.14. The number of unbranched alkanes of at least 4 members (excludes halogenated alkanes) is 13. The van der Waals surface area contributed by atoms with E-state index >= 15 is 0 Å². The summed E-state index contributed by atoms with van der Waals surface area (Å²) in [7, 11) is 0. The number of carbonyl (C=O) groups excluding carboxylic acids is 1. The van der Waals surface area contributed by atoms with Gasteiger partial charge in [0.05, 0.1) is 0 Å². The van der Waals surface area contributed by atoms with Gasteiger partial charge in [0.15, 0.2) is 0 Å². The lowest BCUT2D eigenvalue weighted by molar-refractivity contribution is -0.150. The van der Waals surface area contributed by atoms with Gasteiger partial charge in [-0.25, -0.2) is 0 Å². The Bertz CT molecular complexity index is 620. The van der Waals surface area contributed by atoms with Crippen molar-refractivity contribution >= 4 is 11.9 Å². The van der Waals surface area contributed by atoms with Gasteiger partial charge in [-0.05, 0) is 70.6 Å². The first kappa shape index (κ1) is 36.2. The van der Waals surface area contributed by atoms with E-state index in [1.165, 1.54) is 64.2 Å². The van der Waals surface area contributed by atoms with Crippen LogP contribution in [0.4, 0.5) is 0 Å². The van der Waals surface area contributed by atoms with Gasteiger partial charge in [0, 0.05) is 12.8 Å². The smallest absolute Gasteiger partial charge is 0.306 e. The Balaban J connectivity index is 3.83. The quantitative estimate of drug-likeness (QED) is 0.0618. The number of carboxylic acids is 1. The first-order valence-corrected chi connectivity index (χ1v) is 16.0. The molecule has 0 fully saturated rings. The Kier molecular flexibility index (Phi) is 28.3. The minimum atomic E-state index is -0.730. The predicted molar refractivity (Wildman–Crippen MR) is 162 cm³/mol. The molecule has 0 rings (SSSR count). The standard InChI is InChI=1S/C34H60O4/c1-3-5-7-9-10-11-12-13-14-15-16-17-18-19-20-22-27-31-34(37)38-32(28-24-21-8-6-4-2)29-25-23-26-30-33(35)36/h5,7,10-11,13-14,32H,3-4,6,8-9,12,15-31H2,1-2H3,(H,35,36)/b7-5-,11-10-,14-13-. The summed E-state index contributed by atoms with van der Waals surface area (Å²) in [5.41, 5.74) is 0. The van der Waals surface area contributed by atoms with Crippen LogP contribution >= 0.6 is 0 Å². The molecule has 0 aliphatic rings. The topological polar surface area (TPSA) is 63.6 Å². The molecule has 0 radical (unpaired) electrons. The lowest BCUT2D eigenvalue weighted by atomic mass is 10.0. The molecule has 0 bridgehead atoms. The zero-order valence-corrected chi connectivity index (χ0v) is 25.0. The van der Waals surface area contributed by atoms with Crippen molar-refractivity contribution in [3.63, 3.8) is 0 Å². The van der Waals surface area contributed by atoms with Gasteiger partial charge in [-0.3, -0.25) is 9.59 Å². The Morgan fingerprint density at radius 3 is 1.74 bits per heavy atom. The molecule has 1 unspecified atom stereocenters. The van der Waals surface area contributed by atoms with Gasteiger partial charge >= 0.3 is 11.9 Å². The number of carbonyl (C=O) groups is 2. The normalized spacial score (nSPS) is 12.7. The molecular formula is C34H60O4. The van der Waals surface area contributed by atoms with Crippen molar-refractivity contribution in [2.24, 2.45) is 0 Å². The van der Waals surface area contributed by atoms with Crippen molar-refractivity contribution in [1.82, 2.24) is 0 Å². The van der Waals surface area contributed by atoms with E-state index in [9.17, 15) is 9.59 Å². The second-order valence-corrected chi connectivity index (χ2v) is 10.6. The van der Waals surface area contributed by atoms with Crippen LogP contribution in [0.2, 0.25) is 0 Å². The number of esters is 1. The zero-order valence-electron chi connectivity index (χ0n) is 25.0. The first-order valence-electron chi connectivity index (χ1n) is 16.0. The van der Waals surface area contributed by atoms with Crippen molar-refractivity contribution in [2.45, 2.75) is 168 Å². The van der Waals surface area contributed by atoms with Crippen molar-refractivity contribution < 1.29 is 19.4 Å². The molecule has 0 heterocycles. The minimum Gasteiger partial charge on any atom is -0.481 e. The van der Waals surface area contributed by atoms with Crippen molar-refractivity contribution in [1.29, 1.82) is 0 Å². The predicted octanol–water partition coefficient (Wildman–Crippen LogP) is 10.7. The fourth-order valence-electron chi connectivity index (χ4n) is 4.55. The summed E-state index contributed by atoms with van der Waals surface area (Å²) in [4.78, 5) is 23.1. The molecule has 0 aromatic rings. The highest BCUT2D eigenvalue weighted by Crippen LogP contribution is 2.18. The van der Waals surface area contributed by atoms with Crippen LogP contribution in [0.3, 0.4) is 0 Å². The minimum absolute atomic E-state index is 0.00183. The summed E-state index contributed by atoms with van der Waals surface area (Å²) in [5, 5.41) is 8.80. The molecule has 4 heteroatoms. The molecule has 0 saturated carbocycles. The zero-order chi connectivity index (χ0) is 27.9. The average Bonchev–Trinajstić information content (AvgIpc) is 2.89. The molecule has 0 aliphatic carbocycles. The molecule has 220 valence electrons. The second kappa shape index (κ2) is 29.7. The van der Waals surface area contributed by atoms with Gasteiger partial charge < -0.3 is 9.84 Å². The Hall–Kier alpha value is -1.84. The van der Waals surface area contributed by atoms with Gasteiger partial charge in [0.25, 0.3) is 0 Å². The van der Waals surface area contributed by atoms with Gasteiger partial charge in [-0.15, -0.1) is 0 Å². The van der Waals surface area contributed by atoms with E-state index in [1.54, 1.807) is 0 Å². The molecule has 0 amide bonds. The molecule has 0 aliphatic heterocycles. The van der Waals surface area contributed by atoms with E-state index in [2.05, 4.69) is 50.3 Å². The maximum absolute atomic E-state index is 12.4. The molecule has 0 aromatic carbocycles. The lowest BCUT2D eigenvalue weighted by Gasteiger charge is -2.18. The molecule has 1 N–H and O–H groups in total. The largest absolute Gasteiger partial charge is 0.481 e. The van der Waals surface area contributed by atoms with Crippen LogP contribution in [0.5, 0.6) is 0 Å². The SMILES string of the molecule is CC/C=C\C/C=C\C/C=C\CCCCCCCCCC(=O)OC(CCCCCCC)CCCCCC(=O)O. The highest BCUT2D eigenvalue weighted by molar-refractivity contribution is 5.69. The van der Waals surface area contributed by atoms with E-state index < -0.39 is 5.97 Å². The van der Waals surface area contributed by atoms with Gasteiger partial charge in [-0.1, -0.05) is 115 Å². The number of carboxylic acid groups (broad SMARTS) is 1. The van der Waals surface area contributed by atoms with Crippen LogP contribution in [0.15, 0.2) is 36.5 Å². The van der Waals surface area contributed by atoms with E-state index in [0.717, 1.165) is 64.2 Å². The third kappa shape index (κ3) is 28.7. The fourth-order valence-corrected chi connectivity index (χ4v) is 4.55. The number of ether oxygens (including phenoxy) is 1. The summed E-state index contributed by atoms with van der Waals surface area (Å²) in [6, 6.07) is 0. The van der Waals surface area contributed by atoms with Crippen LogP contribution < -0.4 is 0 Å². The lowest BCUT2D eigenvalue weighted by Crippen LogP contribution is -2.18. The van der Waals surface area contributed by atoms with E-state index in [1.807, 2.05) is 0 Å². The average molecular weight is 533 g/mol. The summed E-state index contributed by atoms with van der Waals surface area (Å²) in [5.74, 6) is -0.778. The summed E-state index contributed by atoms with van der Waals surface area (Å²) < 4.78 is 5.84. The summed E-state index contributed by atoms with van der Waals surface area (Å²) in [6.45, 7) is 4.38. The third-order valence-electron chi connectivity index (χ3n) is 6.88. The molecule has 0 aromatic heterocycles. The maximum atomic E-state index is 12.4. The molecule has 0 spiro atoms. The van der Waals surface area contributed by atoms with E-state index in [4.69, 9.17) is 9.84 Å². The van der Waals surface area contributed by atoms with Crippen molar-refractivity contribution in [2.75, 3.05) is 0 Å². The van der Waals surface area contributed by atoms with E-state index in [0.29, 0.717) is 12.8 Å². The summed E-state index contributed by atoms with van der Waals surface area (Å²) in [6.07, 6.45) is 37.3. The number of hydrogen-bond acceptors (Lipinski definition) is 3. The van der Waals surface area contributed by atoms with E-state index in [-0.39, 0.29) is 18.5 Å². The molecule has 1 atom stereocenters. The van der Waals surface area contributed by atoms with Crippen LogP contribution in [-0.2, 0) is 14.3 Å². The van der Waals surface area contributed by atoms with Gasteiger partial charge in [0.1, 0.15) is 6.10 Å². The Labute approximate surface area is 235 Å². The molecule has 0 saturated heterocycles.